The Hall–Kier alpha value is -2.08. The largest absolute Gasteiger partial charge is 0.497 e. The molecule has 0 spiro atoms. The Labute approximate surface area is 121 Å². The summed E-state index contributed by atoms with van der Waals surface area (Å²) in [6, 6.07) is 8.97. The third kappa shape index (κ3) is 3.96. The van der Waals surface area contributed by atoms with Crippen LogP contribution in [0.2, 0.25) is 0 Å². The van der Waals surface area contributed by atoms with E-state index in [2.05, 4.69) is 5.32 Å². The molecule has 0 atom stereocenters. The zero-order valence-corrected chi connectivity index (χ0v) is 11.9. The van der Waals surface area contributed by atoms with Gasteiger partial charge in [0, 0.05) is 10.6 Å². The number of benzene rings is 1. The van der Waals surface area contributed by atoms with Crippen LogP contribution in [0, 0.1) is 0 Å². The van der Waals surface area contributed by atoms with Crippen molar-refractivity contribution in [1.29, 1.82) is 0 Å². The minimum atomic E-state index is -0.0754. The van der Waals surface area contributed by atoms with E-state index in [1.807, 2.05) is 12.1 Å². The summed E-state index contributed by atoms with van der Waals surface area (Å²) in [6.45, 7) is 0.389. The molecule has 1 amide bonds. The topological polar surface area (TPSA) is 77.5 Å². The number of nitrogen functional groups attached to an aromatic ring is 1. The number of amides is 1. The molecule has 0 fully saturated rings. The van der Waals surface area contributed by atoms with E-state index in [1.165, 1.54) is 11.8 Å². The zero-order valence-electron chi connectivity index (χ0n) is 11.1. The Bertz CT molecular complexity index is 570. The monoisotopic (exact) mass is 292 g/mol. The lowest BCUT2D eigenvalue weighted by atomic mass is 10.3. The second-order valence-electron chi connectivity index (χ2n) is 4.05. The number of carbonyl (C=O) groups excluding carboxylic acids is 1. The summed E-state index contributed by atoms with van der Waals surface area (Å²) in [5.74, 6) is 1.66. The van der Waals surface area contributed by atoms with E-state index >= 15 is 0 Å². The third-order valence-corrected chi connectivity index (χ3v) is 3.69. The Balaban J connectivity index is 1.83. The number of rotatable bonds is 6. The van der Waals surface area contributed by atoms with Crippen molar-refractivity contribution < 1.29 is 13.9 Å². The molecule has 0 saturated carbocycles. The number of thioether (sulfide) groups is 1. The number of hydrogen-bond donors (Lipinski definition) is 2. The maximum absolute atomic E-state index is 11.7. The van der Waals surface area contributed by atoms with E-state index in [4.69, 9.17) is 14.9 Å². The summed E-state index contributed by atoms with van der Waals surface area (Å²) < 4.78 is 10.3. The first-order valence-electron chi connectivity index (χ1n) is 6.04. The van der Waals surface area contributed by atoms with Crippen LogP contribution in [0.1, 0.15) is 5.76 Å². The second-order valence-corrected chi connectivity index (χ2v) is 5.07. The predicted octanol–water partition coefficient (Wildman–Crippen LogP) is 2.28. The van der Waals surface area contributed by atoms with E-state index < -0.39 is 0 Å². The van der Waals surface area contributed by atoms with Gasteiger partial charge in [-0.3, -0.25) is 4.79 Å². The van der Waals surface area contributed by atoms with Gasteiger partial charge in [0.25, 0.3) is 0 Å². The van der Waals surface area contributed by atoms with Crippen LogP contribution in [-0.2, 0) is 11.3 Å². The van der Waals surface area contributed by atoms with Gasteiger partial charge >= 0.3 is 0 Å². The maximum atomic E-state index is 11.7. The van der Waals surface area contributed by atoms with Gasteiger partial charge in [0.15, 0.2) is 0 Å². The van der Waals surface area contributed by atoms with Crippen LogP contribution in [0.3, 0.4) is 0 Å². The number of carbonyl (C=O) groups is 1. The normalized spacial score (nSPS) is 10.2. The number of anilines is 1. The molecule has 5 nitrogen and oxygen atoms in total. The summed E-state index contributed by atoms with van der Waals surface area (Å²) in [7, 11) is 1.59. The SMILES string of the molecule is COc1ccc(N)c(SCC(=O)NCc2ccco2)c1. The highest BCUT2D eigenvalue weighted by molar-refractivity contribution is 8.00. The molecule has 0 aliphatic rings. The third-order valence-electron chi connectivity index (χ3n) is 2.62. The van der Waals surface area contributed by atoms with Crippen molar-refractivity contribution in [3.63, 3.8) is 0 Å². The summed E-state index contributed by atoms with van der Waals surface area (Å²) in [4.78, 5) is 12.6. The molecule has 0 aliphatic carbocycles. The first-order chi connectivity index (χ1) is 9.69. The Morgan fingerprint density at radius 2 is 2.30 bits per heavy atom. The molecule has 6 heteroatoms. The van der Waals surface area contributed by atoms with Gasteiger partial charge in [0.05, 0.1) is 25.7 Å². The fourth-order valence-corrected chi connectivity index (χ4v) is 2.38. The maximum Gasteiger partial charge on any atom is 0.230 e. The first-order valence-corrected chi connectivity index (χ1v) is 7.03. The molecule has 20 heavy (non-hydrogen) atoms. The van der Waals surface area contributed by atoms with Crippen molar-refractivity contribution in [1.82, 2.24) is 5.32 Å². The van der Waals surface area contributed by atoms with E-state index in [1.54, 1.807) is 31.6 Å². The summed E-state index contributed by atoms with van der Waals surface area (Å²) in [6.07, 6.45) is 1.58. The quantitative estimate of drug-likeness (QED) is 0.631. The average molecular weight is 292 g/mol. The molecular formula is C14H16N2O3S. The minimum Gasteiger partial charge on any atom is -0.497 e. The van der Waals surface area contributed by atoms with Gasteiger partial charge in [0.1, 0.15) is 11.5 Å². The van der Waals surface area contributed by atoms with Crippen molar-refractivity contribution >= 4 is 23.4 Å². The minimum absolute atomic E-state index is 0.0754. The van der Waals surface area contributed by atoms with Crippen LogP contribution in [0.25, 0.3) is 0 Å². The molecular weight excluding hydrogens is 276 g/mol. The van der Waals surface area contributed by atoms with Gasteiger partial charge in [-0.25, -0.2) is 0 Å². The van der Waals surface area contributed by atoms with Crippen LogP contribution in [0.5, 0.6) is 5.75 Å². The van der Waals surface area contributed by atoms with Crippen molar-refractivity contribution in [3.8, 4) is 5.75 Å². The zero-order chi connectivity index (χ0) is 14.4. The first kappa shape index (κ1) is 14.3. The van der Waals surface area contributed by atoms with Gasteiger partial charge in [-0.05, 0) is 30.3 Å². The predicted molar refractivity (Wildman–Crippen MR) is 78.7 cm³/mol. The highest BCUT2D eigenvalue weighted by Crippen LogP contribution is 2.28. The van der Waals surface area contributed by atoms with E-state index in [9.17, 15) is 4.79 Å². The Kier molecular flexibility index (Phi) is 4.95. The molecule has 1 aromatic carbocycles. The number of furan rings is 1. The molecule has 1 aromatic heterocycles. The summed E-state index contributed by atoms with van der Waals surface area (Å²) in [5.41, 5.74) is 6.49. The van der Waals surface area contributed by atoms with Gasteiger partial charge in [-0.15, -0.1) is 11.8 Å². The van der Waals surface area contributed by atoms with Gasteiger partial charge in [0.2, 0.25) is 5.91 Å². The standard InChI is InChI=1S/C14H16N2O3S/c1-18-10-4-5-12(15)13(7-10)20-9-14(17)16-8-11-3-2-6-19-11/h2-7H,8-9,15H2,1H3,(H,16,17). The Morgan fingerprint density at radius 1 is 1.45 bits per heavy atom. The van der Waals surface area contributed by atoms with Crippen molar-refractivity contribution in [2.75, 3.05) is 18.6 Å². The van der Waals surface area contributed by atoms with Crippen LogP contribution >= 0.6 is 11.8 Å². The van der Waals surface area contributed by atoms with Crippen LogP contribution in [0.15, 0.2) is 45.9 Å². The highest BCUT2D eigenvalue weighted by Gasteiger charge is 2.07. The van der Waals surface area contributed by atoms with Gasteiger partial charge in [-0.2, -0.15) is 0 Å². The fourth-order valence-electron chi connectivity index (χ4n) is 1.56. The number of ether oxygens (including phenoxy) is 1. The molecule has 1 heterocycles. The highest BCUT2D eigenvalue weighted by atomic mass is 32.2. The number of nitrogens with one attached hydrogen (secondary N) is 1. The lowest BCUT2D eigenvalue weighted by molar-refractivity contribution is -0.118. The van der Waals surface area contributed by atoms with E-state index in [0.29, 0.717) is 12.2 Å². The molecule has 0 radical (unpaired) electrons. The van der Waals surface area contributed by atoms with Crippen molar-refractivity contribution in [2.45, 2.75) is 11.4 Å². The van der Waals surface area contributed by atoms with Crippen molar-refractivity contribution in [2.24, 2.45) is 0 Å². The van der Waals surface area contributed by atoms with Crippen LogP contribution in [0.4, 0.5) is 5.69 Å². The van der Waals surface area contributed by atoms with Crippen LogP contribution in [-0.4, -0.2) is 18.8 Å². The molecule has 2 aromatic rings. The van der Waals surface area contributed by atoms with Gasteiger partial charge in [-0.1, -0.05) is 0 Å². The van der Waals surface area contributed by atoms with Crippen LogP contribution < -0.4 is 15.8 Å². The molecule has 0 aliphatic heterocycles. The van der Waals surface area contributed by atoms with E-state index in [-0.39, 0.29) is 11.7 Å². The molecule has 3 N–H and O–H groups in total. The fraction of sp³-hybridized carbons (Fsp3) is 0.214. The molecule has 106 valence electrons. The smallest absolute Gasteiger partial charge is 0.230 e. The summed E-state index contributed by atoms with van der Waals surface area (Å²) >= 11 is 1.37. The second kappa shape index (κ2) is 6.91. The molecule has 2 rings (SSSR count). The molecule has 0 saturated heterocycles. The lowest BCUT2D eigenvalue weighted by Gasteiger charge is -2.08. The van der Waals surface area contributed by atoms with Gasteiger partial charge < -0.3 is 20.2 Å². The Morgan fingerprint density at radius 3 is 3.00 bits per heavy atom. The molecule has 0 bridgehead atoms. The number of nitrogens with two attached hydrogens (primary N) is 1. The summed E-state index contributed by atoms with van der Waals surface area (Å²) in [5, 5.41) is 2.78. The number of hydrogen-bond acceptors (Lipinski definition) is 5. The lowest BCUT2D eigenvalue weighted by Crippen LogP contribution is -2.24. The van der Waals surface area contributed by atoms with E-state index in [0.717, 1.165) is 16.4 Å². The van der Waals surface area contributed by atoms with Crippen molar-refractivity contribution in [3.05, 3.63) is 42.4 Å². The average Bonchev–Trinajstić information content (AvgIpc) is 2.97. The number of methoxy groups -OCH3 is 1. The molecule has 0 unspecified atom stereocenters.